The Bertz CT molecular complexity index is 620. The minimum Gasteiger partial charge on any atom is -0.383 e. The van der Waals surface area contributed by atoms with E-state index in [4.69, 9.17) is 5.73 Å². The molecule has 0 unspecified atom stereocenters. The van der Waals surface area contributed by atoms with E-state index in [0.29, 0.717) is 5.82 Å². The van der Waals surface area contributed by atoms with Crippen LogP contribution in [0.4, 0.5) is 5.82 Å². The molecule has 0 aromatic carbocycles. The molecule has 0 fully saturated rings. The Balaban J connectivity index is 2.40. The lowest BCUT2D eigenvalue weighted by molar-refractivity contribution is 0.538. The number of hydrogen-bond acceptors (Lipinski definition) is 5. The number of nitrogens with zero attached hydrogens (tertiary/aromatic N) is 3. The van der Waals surface area contributed by atoms with Gasteiger partial charge in [-0.15, -0.1) is 0 Å². The molecule has 2 rings (SSSR count). The Kier molecular flexibility index (Phi) is 4.34. The lowest BCUT2D eigenvalue weighted by Gasteiger charge is -2.19. The van der Waals surface area contributed by atoms with Crippen LogP contribution in [0.3, 0.4) is 0 Å². The van der Waals surface area contributed by atoms with E-state index in [-0.39, 0.29) is 5.41 Å². The van der Waals surface area contributed by atoms with Crippen molar-refractivity contribution in [3.63, 3.8) is 0 Å². The Morgan fingerprint density at radius 2 is 1.90 bits per heavy atom. The third-order valence-corrected chi connectivity index (χ3v) is 4.22. The van der Waals surface area contributed by atoms with Crippen LogP contribution < -0.4 is 5.73 Å². The molecule has 0 amide bonds. The van der Waals surface area contributed by atoms with Gasteiger partial charge in [0.15, 0.2) is 0 Å². The first-order valence-corrected chi connectivity index (χ1v) is 7.82. The molecule has 0 aliphatic carbocycles. The van der Waals surface area contributed by atoms with Crippen LogP contribution in [0, 0.1) is 6.92 Å². The fourth-order valence-electron chi connectivity index (χ4n) is 1.47. The van der Waals surface area contributed by atoms with E-state index < -0.39 is 0 Å². The molecular formula is C14H17BrN4S. The van der Waals surface area contributed by atoms with Crippen molar-refractivity contribution in [2.45, 2.75) is 43.2 Å². The molecule has 0 saturated heterocycles. The minimum atomic E-state index is -0.135. The van der Waals surface area contributed by atoms with Gasteiger partial charge in [-0.25, -0.2) is 15.0 Å². The zero-order chi connectivity index (χ0) is 14.9. The highest BCUT2D eigenvalue weighted by Gasteiger charge is 2.20. The number of nitrogen functional groups attached to an aromatic ring is 1. The highest BCUT2D eigenvalue weighted by molar-refractivity contribution is 9.10. The molecule has 0 aliphatic heterocycles. The largest absolute Gasteiger partial charge is 0.383 e. The summed E-state index contributed by atoms with van der Waals surface area (Å²) in [5, 5.41) is 1.74. The van der Waals surface area contributed by atoms with Gasteiger partial charge in [-0.05, 0) is 46.7 Å². The van der Waals surface area contributed by atoms with Gasteiger partial charge in [0, 0.05) is 21.6 Å². The highest BCUT2D eigenvalue weighted by atomic mass is 79.9. The molecule has 0 atom stereocenters. The predicted molar refractivity (Wildman–Crippen MR) is 85.9 cm³/mol. The van der Waals surface area contributed by atoms with Gasteiger partial charge in [0.25, 0.3) is 0 Å². The number of aromatic nitrogens is 3. The van der Waals surface area contributed by atoms with Crippen molar-refractivity contribution in [1.82, 2.24) is 15.0 Å². The van der Waals surface area contributed by atoms with Gasteiger partial charge in [-0.2, -0.15) is 0 Å². The topological polar surface area (TPSA) is 64.7 Å². The molecule has 6 heteroatoms. The second-order valence-corrected chi connectivity index (χ2v) is 7.45. The van der Waals surface area contributed by atoms with Gasteiger partial charge in [0.2, 0.25) is 0 Å². The summed E-state index contributed by atoms with van der Waals surface area (Å²) in [6.45, 7) is 8.15. The molecular weight excluding hydrogens is 336 g/mol. The van der Waals surface area contributed by atoms with E-state index >= 15 is 0 Å². The molecule has 0 saturated carbocycles. The van der Waals surface area contributed by atoms with Gasteiger partial charge < -0.3 is 5.73 Å². The van der Waals surface area contributed by atoms with Gasteiger partial charge >= 0.3 is 0 Å². The van der Waals surface area contributed by atoms with E-state index in [1.54, 1.807) is 6.20 Å². The van der Waals surface area contributed by atoms with Crippen LogP contribution >= 0.6 is 27.7 Å². The first kappa shape index (κ1) is 15.3. The van der Waals surface area contributed by atoms with E-state index in [0.717, 1.165) is 25.9 Å². The monoisotopic (exact) mass is 352 g/mol. The maximum absolute atomic E-state index is 6.00. The smallest absolute Gasteiger partial charge is 0.137 e. The zero-order valence-corrected chi connectivity index (χ0v) is 14.3. The van der Waals surface area contributed by atoms with Crippen LogP contribution in [0.1, 0.15) is 32.2 Å². The van der Waals surface area contributed by atoms with Crippen LogP contribution in [-0.2, 0) is 5.41 Å². The van der Waals surface area contributed by atoms with Crippen molar-refractivity contribution >= 4 is 33.5 Å². The van der Waals surface area contributed by atoms with Crippen molar-refractivity contribution in [2.75, 3.05) is 5.73 Å². The molecule has 0 spiro atoms. The first-order valence-electron chi connectivity index (χ1n) is 6.21. The van der Waals surface area contributed by atoms with Gasteiger partial charge in [0.1, 0.15) is 21.7 Å². The molecule has 4 nitrogen and oxygen atoms in total. The van der Waals surface area contributed by atoms with Crippen molar-refractivity contribution in [3.8, 4) is 0 Å². The first-order chi connectivity index (χ1) is 9.27. The van der Waals surface area contributed by atoms with E-state index in [1.807, 2.05) is 19.1 Å². The molecule has 0 bridgehead atoms. The second kappa shape index (κ2) is 5.69. The summed E-state index contributed by atoms with van der Waals surface area (Å²) in [6, 6.07) is 3.91. The van der Waals surface area contributed by atoms with Gasteiger partial charge in [-0.3, -0.25) is 0 Å². The zero-order valence-electron chi connectivity index (χ0n) is 11.9. The van der Waals surface area contributed by atoms with E-state index in [9.17, 15) is 0 Å². The highest BCUT2D eigenvalue weighted by Crippen LogP contribution is 2.31. The van der Waals surface area contributed by atoms with Crippen LogP contribution in [0.5, 0.6) is 0 Å². The third-order valence-electron chi connectivity index (χ3n) is 2.71. The van der Waals surface area contributed by atoms with Crippen LogP contribution in [-0.4, -0.2) is 15.0 Å². The van der Waals surface area contributed by atoms with Crippen LogP contribution in [0.25, 0.3) is 0 Å². The number of anilines is 1. The van der Waals surface area contributed by atoms with Crippen LogP contribution in [0.15, 0.2) is 32.9 Å². The average molecular weight is 353 g/mol. The second-order valence-electron chi connectivity index (χ2n) is 5.53. The van der Waals surface area contributed by atoms with Crippen LogP contribution in [0.2, 0.25) is 0 Å². The Morgan fingerprint density at radius 1 is 1.20 bits per heavy atom. The molecule has 2 aromatic rings. The van der Waals surface area contributed by atoms with Crippen molar-refractivity contribution < 1.29 is 0 Å². The van der Waals surface area contributed by atoms with Crippen molar-refractivity contribution in [2.24, 2.45) is 0 Å². The van der Waals surface area contributed by atoms with Gasteiger partial charge in [-0.1, -0.05) is 20.8 Å². The molecule has 20 heavy (non-hydrogen) atoms. The number of nitrogens with two attached hydrogens (primary N) is 1. The number of pyridine rings is 1. The molecule has 2 aromatic heterocycles. The molecule has 0 radical (unpaired) electrons. The van der Waals surface area contributed by atoms with Crippen molar-refractivity contribution in [3.05, 3.63) is 34.2 Å². The maximum Gasteiger partial charge on any atom is 0.137 e. The lowest BCUT2D eigenvalue weighted by Crippen LogP contribution is -2.18. The molecule has 106 valence electrons. The summed E-state index contributed by atoms with van der Waals surface area (Å²) in [5.41, 5.74) is 6.76. The van der Waals surface area contributed by atoms with Gasteiger partial charge in [0.05, 0.1) is 0 Å². The quantitative estimate of drug-likeness (QED) is 0.828. The summed E-state index contributed by atoms with van der Waals surface area (Å²) in [5.74, 6) is 1.28. The normalized spacial score (nSPS) is 11.7. The summed E-state index contributed by atoms with van der Waals surface area (Å²) >= 11 is 4.88. The number of hydrogen-bond donors (Lipinski definition) is 1. The Morgan fingerprint density at radius 3 is 2.45 bits per heavy atom. The summed E-state index contributed by atoms with van der Waals surface area (Å²) < 4.78 is 0.955. The summed E-state index contributed by atoms with van der Waals surface area (Å²) in [6.07, 6.45) is 1.77. The molecule has 2 N–H and O–H groups in total. The summed E-state index contributed by atoms with van der Waals surface area (Å²) in [7, 11) is 0. The number of halogens is 1. The Labute approximate surface area is 131 Å². The van der Waals surface area contributed by atoms with Crippen molar-refractivity contribution in [1.29, 1.82) is 0 Å². The Hall–Kier alpha value is -1.14. The number of rotatable bonds is 2. The van der Waals surface area contributed by atoms with E-state index in [1.165, 1.54) is 11.8 Å². The fourth-order valence-corrected chi connectivity index (χ4v) is 2.53. The molecule has 2 heterocycles. The lowest BCUT2D eigenvalue weighted by atomic mass is 9.95. The fraction of sp³-hybridized carbons (Fsp3) is 0.357. The molecule has 0 aliphatic rings. The minimum absolute atomic E-state index is 0.135. The van der Waals surface area contributed by atoms with E-state index in [2.05, 4.69) is 51.7 Å². The third kappa shape index (κ3) is 3.49. The standard InChI is InChI=1S/C14H17BrN4S/c1-8-11(16)18-13(14(2,3)4)19-12(8)20-10-6-5-9(15)7-17-10/h5-7H,1-4H3,(H2,16,18,19). The summed E-state index contributed by atoms with van der Waals surface area (Å²) in [4.78, 5) is 13.4. The average Bonchev–Trinajstić information content (AvgIpc) is 2.36. The maximum atomic E-state index is 6.00. The SMILES string of the molecule is Cc1c(N)nc(C(C)(C)C)nc1Sc1ccc(Br)cn1. The predicted octanol–water partition coefficient (Wildman–Crippen LogP) is 3.97.